The third-order valence-electron chi connectivity index (χ3n) is 4.16. The Morgan fingerprint density at radius 3 is 2.86 bits per heavy atom. The first-order valence-electron chi connectivity index (χ1n) is 8.96. The Morgan fingerprint density at radius 1 is 1.24 bits per heavy atom. The van der Waals surface area contributed by atoms with Crippen LogP contribution in [0.1, 0.15) is 12.5 Å². The van der Waals surface area contributed by atoms with Crippen LogP contribution in [0.4, 0.5) is 17.5 Å². The van der Waals surface area contributed by atoms with Crippen LogP contribution >= 0.6 is 11.6 Å². The van der Waals surface area contributed by atoms with Crippen molar-refractivity contribution in [3.63, 3.8) is 0 Å². The molecule has 0 saturated carbocycles. The van der Waals surface area contributed by atoms with Gasteiger partial charge in [0.2, 0.25) is 5.95 Å². The standard InChI is InChI=1S/C20H18ClN5O3/c1-3-28-16-9-8-13(10-14(16)21)23-19-22-11-12(2)18(24-19)25-26-15-6-4-5-7-17(15)29-20(26)27/h4-11H,3H2,1-2H3,(H2,22,23,24,25). The largest absolute Gasteiger partial charge is 0.492 e. The quantitative estimate of drug-likeness (QED) is 0.486. The van der Waals surface area contributed by atoms with E-state index in [4.69, 9.17) is 20.8 Å². The maximum absolute atomic E-state index is 12.2. The van der Waals surface area contributed by atoms with Gasteiger partial charge >= 0.3 is 5.76 Å². The Morgan fingerprint density at radius 2 is 2.07 bits per heavy atom. The number of oxazole rings is 1. The molecule has 4 rings (SSSR count). The van der Waals surface area contributed by atoms with E-state index in [0.717, 1.165) is 5.56 Å². The number of halogens is 1. The van der Waals surface area contributed by atoms with E-state index in [1.54, 1.807) is 36.5 Å². The van der Waals surface area contributed by atoms with E-state index >= 15 is 0 Å². The molecule has 9 heteroatoms. The minimum atomic E-state index is -0.531. The lowest BCUT2D eigenvalue weighted by molar-refractivity contribution is 0.340. The summed E-state index contributed by atoms with van der Waals surface area (Å²) in [6.07, 6.45) is 1.65. The minimum Gasteiger partial charge on any atom is -0.492 e. The van der Waals surface area contributed by atoms with Gasteiger partial charge in [-0.1, -0.05) is 23.7 Å². The molecule has 148 valence electrons. The molecule has 0 atom stereocenters. The molecule has 0 saturated heterocycles. The van der Waals surface area contributed by atoms with Crippen LogP contribution in [0.3, 0.4) is 0 Å². The molecule has 2 heterocycles. The van der Waals surface area contributed by atoms with Crippen LogP contribution in [-0.2, 0) is 0 Å². The van der Waals surface area contributed by atoms with Gasteiger partial charge in [-0.3, -0.25) is 5.43 Å². The smallest absolute Gasteiger partial charge is 0.439 e. The Labute approximate surface area is 171 Å². The molecule has 0 radical (unpaired) electrons. The fraction of sp³-hybridized carbons (Fsp3) is 0.150. The van der Waals surface area contributed by atoms with Crippen LogP contribution in [0, 0.1) is 6.92 Å². The first-order chi connectivity index (χ1) is 14.0. The summed E-state index contributed by atoms with van der Waals surface area (Å²) in [7, 11) is 0. The minimum absolute atomic E-state index is 0.346. The number of ether oxygens (including phenoxy) is 1. The molecule has 4 aromatic rings. The van der Waals surface area contributed by atoms with Crippen molar-refractivity contribution >= 4 is 40.2 Å². The van der Waals surface area contributed by atoms with Crippen molar-refractivity contribution in [3.05, 3.63) is 69.8 Å². The van der Waals surface area contributed by atoms with Crippen LogP contribution in [0.15, 0.2) is 57.9 Å². The molecule has 0 fully saturated rings. The first-order valence-corrected chi connectivity index (χ1v) is 9.33. The average Bonchev–Trinajstić information content (AvgIpc) is 3.02. The number of fused-ring (bicyclic) bond motifs is 1. The SMILES string of the molecule is CCOc1ccc(Nc2ncc(C)c(Nn3c(=O)oc4ccccc43)n2)cc1Cl. The van der Waals surface area contributed by atoms with Crippen molar-refractivity contribution in [1.29, 1.82) is 0 Å². The first kappa shape index (κ1) is 18.8. The van der Waals surface area contributed by atoms with Crippen LogP contribution in [0.2, 0.25) is 5.02 Å². The molecule has 2 N–H and O–H groups in total. The van der Waals surface area contributed by atoms with Crippen LogP contribution in [0.5, 0.6) is 5.75 Å². The van der Waals surface area contributed by atoms with Gasteiger partial charge in [0, 0.05) is 17.4 Å². The Balaban J connectivity index is 1.62. The Kier molecular flexibility index (Phi) is 5.09. The number of para-hydroxylation sites is 2. The topological polar surface area (TPSA) is 94.2 Å². The zero-order valence-corrected chi connectivity index (χ0v) is 16.5. The van der Waals surface area contributed by atoms with Gasteiger partial charge in [-0.25, -0.2) is 9.78 Å². The molecule has 0 aliphatic rings. The average molecular weight is 412 g/mol. The molecule has 0 aliphatic carbocycles. The highest BCUT2D eigenvalue weighted by atomic mass is 35.5. The second-order valence-electron chi connectivity index (χ2n) is 6.21. The van der Waals surface area contributed by atoms with Crippen molar-refractivity contribution in [2.75, 3.05) is 17.3 Å². The number of nitrogens with zero attached hydrogens (tertiary/aromatic N) is 3. The summed E-state index contributed by atoms with van der Waals surface area (Å²) in [4.78, 5) is 21.0. The highest BCUT2D eigenvalue weighted by Gasteiger charge is 2.12. The normalized spacial score (nSPS) is 10.9. The second kappa shape index (κ2) is 7.84. The van der Waals surface area contributed by atoms with Gasteiger partial charge in [-0.15, -0.1) is 0 Å². The summed E-state index contributed by atoms with van der Waals surface area (Å²) in [6.45, 7) is 4.27. The van der Waals surface area contributed by atoms with Crippen molar-refractivity contribution in [1.82, 2.24) is 14.6 Å². The number of hydrogen-bond acceptors (Lipinski definition) is 7. The van der Waals surface area contributed by atoms with E-state index in [9.17, 15) is 4.79 Å². The van der Waals surface area contributed by atoms with E-state index < -0.39 is 5.76 Å². The summed E-state index contributed by atoms with van der Waals surface area (Å²) < 4.78 is 12.0. The molecule has 0 unspecified atom stereocenters. The Hall–Kier alpha value is -3.52. The molecule has 29 heavy (non-hydrogen) atoms. The molecular weight excluding hydrogens is 394 g/mol. The number of anilines is 3. The van der Waals surface area contributed by atoms with Crippen molar-refractivity contribution in [3.8, 4) is 5.75 Å². The van der Waals surface area contributed by atoms with E-state index in [2.05, 4.69) is 20.7 Å². The highest BCUT2D eigenvalue weighted by molar-refractivity contribution is 6.32. The van der Waals surface area contributed by atoms with Crippen LogP contribution < -0.4 is 21.2 Å². The van der Waals surface area contributed by atoms with E-state index in [1.807, 2.05) is 26.0 Å². The van der Waals surface area contributed by atoms with Crippen molar-refractivity contribution < 1.29 is 9.15 Å². The number of nitrogens with one attached hydrogen (secondary N) is 2. The molecule has 0 amide bonds. The lowest BCUT2D eigenvalue weighted by Gasteiger charge is -2.12. The number of hydrogen-bond donors (Lipinski definition) is 2. The monoisotopic (exact) mass is 411 g/mol. The summed E-state index contributed by atoms with van der Waals surface area (Å²) in [5.74, 6) is 0.891. The van der Waals surface area contributed by atoms with Gasteiger partial charge in [0.15, 0.2) is 11.4 Å². The predicted octanol–water partition coefficient (Wildman–Crippen LogP) is 4.36. The maximum Gasteiger partial charge on any atom is 0.439 e. The van der Waals surface area contributed by atoms with Crippen molar-refractivity contribution in [2.24, 2.45) is 0 Å². The van der Waals surface area contributed by atoms with E-state index in [-0.39, 0.29) is 0 Å². The molecule has 0 bridgehead atoms. The maximum atomic E-state index is 12.2. The highest BCUT2D eigenvalue weighted by Crippen LogP contribution is 2.29. The molecule has 2 aromatic heterocycles. The summed E-state index contributed by atoms with van der Waals surface area (Å²) in [5.41, 5.74) is 5.57. The van der Waals surface area contributed by atoms with E-state index in [0.29, 0.717) is 45.9 Å². The lowest BCUT2D eigenvalue weighted by atomic mass is 10.3. The third kappa shape index (κ3) is 3.88. The zero-order chi connectivity index (χ0) is 20.4. The molecule has 0 spiro atoms. The molecular formula is C20H18ClN5O3. The zero-order valence-electron chi connectivity index (χ0n) is 15.8. The third-order valence-corrected chi connectivity index (χ3v) is 4.46. The second-order valence-corrected chi connectivity index (χ2v) is 6.62. The number of benzene rings is 2. The summed E-state index contributed by atoms with van der Waals surface area (Å²) in [5, 5.41) is 3.58. The van der Waals surface area contributed by atoms with E-state index in [1.165, 1.54) is 4.68 Å². The van der Waals surface area contributed by atoms with Crippen LogP contribution in [-0.4, -0.2) is 21.3 Å². The molecule has 0 aliphatic heterocycles. The molecule has 2 aromatic carbocycles. The number of aryl methyl sites for hydroxylation is 1. The van der Waals surface area contributed by atoms with Gasteiger partial charge in [0.05, 0.1) is 11.6 Å². The molecule has 8 nitrogen and oxygen atoms in total. The summed E-state index contributed by atoms with van der Waals surface area (Å²) >= 11 is 6.23. The number of aromatic nitrogens is 3. The van der Waals surface area contributed by atoms with Gasteiger partial charge in [-0.2, -0.15) is 9.66 Å². The fourth-order valence-corrected chi connectivity index (χ4v) is 3.01. The lowest BCUT2D eigenvalue weighted by Crippen LogP contribution is -2.23. The van der Waals surface area contributed by atoms with Gasteiger partial charge in [0.1, 0.15) is 11.3 Å². The predicted molar refractivity (Wildman–Crippen MR) is 112 cm³/mol. The van der Waals surface area contributed by atoms with Crippen LogP contribution in [0.25, 0.3) is 11.1 Å². The van der Waals surface area contributed by atoms with Gasteiger partial charge in [-0.05, 0) is 44.2 Å². The van der Waals surface area contributed by atoms with Gasteiger partial charge < -0.3 is 14.5 Å². The fourth-order valence-electron chi connectivity index (χ4n) is 2.77. The van der Waals surface area contributed by atoms with Gasteiger partial charge in [0.25, 0.3) is 0 Å². The Bertz CT molecular complexity index is 1230. The summed E-state index contributed by atoms with van der Waals surface area (Å²) in [6, 6.07) is 12.5. The number of rotatable bonds is 6. The van der Waals surface area contributed by atoms with Crippen molar-refractivity contribution in [2.45, 2.75) is 13.8 Å².